The van der Waals surface area contributed by atoms with Gasteiger partial charge in [-0.25, -0.2) is 4.98 Å². The summed E-state index contributed by atoms with van der Waals surface area (Å²) in [7, 11) is 4.12. The molecule has 2 heterocycles. The van der Waals surface area contributed by atoms with Crippen LogP contribution in [0.1, 0.15) is 5.56 Å². The summed E-state index contributed by atoms with van der Waals surface area (Å²) in [6, 6.07) is 8.58. The van der Waals surface area contributed by atoms with Crippen molar-refractivity contribution in [3.05, 3.63) is 29.8 Å². The highest BCUT2D eigenvalue weighted by molar-refractivity contribution is 5.87. The van der Waals surface area contributed by atoms with E-state index in [9.17, 15) is 0 Å². The Balaban J connectivity index is 1.97. The van der Waals surface area contributed by atoms with E-state index in [1.165, 1.54) is 10.9 Å². The Bertz CT molecular complexity index is 615. The van der Waals surface area contributed by atoms with Crippen molar-refractivity contribution in [3.8, 4) is 0 Å². The fourth-order valence-corrected chi connectivity index (χ4v) is 2.73. The van der Waals surface area contributed by atoms with E-state index in [1.54, 1.807) is 0 Å². The predicted octanol–water partition coefficient (Wildman–Crippen LogP) is 2.34. The van der Waals surface area contributed by atoms with Crippen LogP contribution in [0.15, 0.2) is 24.3 Å². The summed E-state index contributed by atoms with van der Waals surface area (Å²) in [6.07, 6.45) is 0. The first kappa shape index (κ1) is 13.2. The van der Waals surface area contributed by atoms with Crippen molar-refractivity contribution < 1.29 is 0 Å². The molecule has 3 rings (SSSR count). The summed E-state index contributed by atoms with van der Waals surface area (Å²) in [5, 5.41) is 4.42. The van der Waals surface area contributed by atoms with Crippen LogP contribution in [-0.4, -0.2) is 50.2 Å². The molecule has 1 aromatic carbocycles. The molecule has 106 valence electrons. The second-order valence-electron chi connectivity index (χ2n) is 5.57. The maximum absolute atomic E-state index is 4.84. The zero-order valence-electron chi connectivity index (χ0n) is 12.5. The van der Waals surface area contributed by atoms with E-state index in [4.69, 9.17) is 4.98 Å². The standard InChI is InChI=1S/C16H22N4/c1-12-10-16(20-8-6-19(3)7-9-20)18-15-5-4-13(17-2)11-14(12)15/h4-5,10-11,17H,6-9H2,1-3H3. The summed E-state index contributed by atoms with van der Waals surface area (Å²) >= 11 is 0. The Morgan fingerprint density at radius 3 is 2.55 bits per heavy atom. The molecule has 1 fully saturated rings. The predicted molar refractivity (Wildman–Crippen MR) is 85.7 cm³/mol. The molecule has 0 aliphatic carbocycles. The Morgan fingerprint density at radius 2 is 1.85 bits per heavy atom. The lowest BCUT2D eigenvalue weighted by Gasteiger charge is -2.33. The number of piperazine rings is 1. The van der Waals surface area contributed by atoms with Gasteiger partial charge in [-0.2, -0.15) is 0 Å². The van der Waals surface area contributed by atoms with E-state index in [0.29, 0.717) is 0 Å². The van der Waals surface area contributed by atoms with Crippen LogP contribution >= 0.6 is 0 Å². The van der Waals surface area contributed by atoms with Crippen molar-refractivity contribution in [2.75, 3.05) is 50.5 Å². The lowest BCUT2D eigenvalue weighted by Crippen LogP contribution is -2.44. The van der Waals surface area contributed by atoms with Crippen LogP contribution in [0, 0.1) is 6.92 Å². The third-order valence-corrected chi connectivity index (χ3v) is 4.12. The second kappa shape index (κ2) is 5.29. The van der Waals surface area contributed by atoms with Gasteiger partial charge >= 0.3 is 0 Å². The Labute approximate surface area is 120 Å². The first-order valence-corrected chi connectivity index (χ1v) is 7.20. The average molecular weight is 270 g/mol. The molecule has 1 aliphatic heterocycles. The minimum absolute atomic E-state index is 1.06. The smallest absolute Gasteiger partial charge is 0.129 e. The van der Waals surface area contributed by atoms with Crippen molar-refractivity contribution in [2.24, 2.45) is 0 Å². The number of aromatic nitrogens is 1. The molecule has 1 aromatic heterocycles. The third kappa shape index (κ3) is 2.43. The lowest BCUT2D eigenvalue weighted by molar-refractivity contribution is 0.312. The molecule has 0 radical (unpaired) electrons. The molecule has 0 saturated carbocycles. The van der Waals surface area contributed by atoms with E-state index in [2.05, 4.69) is 53.4 Å². The summed E-state index contributed by atoms with van der Waals surface area (Å²) in [5.41, 5.74) is 3.51. The molecular formula is C16H22N4. The number of nitrogens with zero attached hydrogens (tertiary/aromatic N) is 3. The van der Waals surface area contributed by atoms with Crippen LogP contribution in [-0.2, 0) is 0 Å². The molecule has 4 nitrogen and oxygen atoms in total. The number of aryl methyl sites for hydroxylation is 1. The second-order valence-corrected chi connectivity index (χ2v) is 5.57. The third-order valence-electron chi connectivity index (χ3n) is 4.12. The van der Waals surface area contributed by atoms with Crippen molar-refractivity contribution in [3.63, 3.8) is 0 Å². The summed E-state index contributed by atoms with van der Waals surface area (Å²) in [4.78, 5) is 9.59. The zero-order valence-corrected chi connectivity index (χ0v) is 12.5. The highest BCUT2D eigenvalue weighted by atomic mass is 15.3. The average Bonchev–Trinajstić information content (AvgIpc) is 2.47. The van der Waals surface area contributed by atoms with Gasteiger partial charge in [-0.3, -0.25) is 0 Å². The number of hydrogen-bond acceptors (Lipinski definition) is 4. The van der Waals surface area contributed by atoms with Crippen molar-refractivity contribution in [2.45, 2.75) is 6.92 Å². The van der Waals surface area contributed by atoms with E-state index in [0.717, 1.165) is 43.2 Å². The van der Waals surface area contributed by atoms with Gasteiger partial charge in [0.1, 0.15) is 5.82 Å². The molecule has 0 unspecified atom stereocenters. The minimum Gasteiger partial charge on any atom is -0.388 e. The summed E-state index contributed by atoms with van der Waals surface area (Å²) in [6.45, 7) is 6.50. The maximum atomic E-state index is 4.84. The molecule has 2 aromatic rings. The normalized spacial score (nSPS) is 16.6. The topological polar surface area (TPSA) is 31.4 Å². The monoisotopic (exact) mass is 270 g/mol. The van der Waals surface area contributed by atoms with Crippen molar-refractivity contribution in [1.82, 2.24) is 9.88 Å². The maximum Gasteiger partial charge on any atom is 0.129 e. The molecule has 1 saturated heterocycles. The number of pyridine rings is 1. The molecule has 0 bridgehead atoms. The van der Waals surface area contributed by atoms with Gasteiger partial charge in [0.25, 0.3) is 0 Å². The van der Waals surface area contributed by atoms with Crippen LogP contribution in [0.3, 0.4) is 0 Å². The fourth-order valence-electron chi connectivity index (χ4n) is 2.73. The SMILES string of the molecule is CNc1ccc2nc(N3CCN(C)CC3)cc(C)c2c1. The van der Waals surface area contributed by atoms with Crippen LogP contribution < -0.4 is 10.2 Å². The number of anilines is 2. The van der Waals surface area contributed by atoms with Crippen molar-refractivity contribution >= 4 is 22.4 Å². The fraction of sp³-hybridized carbons (Fsp3) is 0.438. The Kier molecular flexibility index (Phi) is 3.49. The minimum atomic E-state index is 1.06. The van der Waals surface area contributed by atoms with Gasteiger partial charge in [0.05, 0.1) is 5.52 Å². The highest BCUT2D eigenvalue weighted by Gasteiger charge is 2.16. The Morgan fingerprint density at radius 1 is 1.10 bits per heavy atom. The zero-order chi connectivity index (χ0) is 14.1. The molecule has 0 amide bonds. The number of likely N-dealkylation sites (N-methyl/N-ethyl adjacent to an activating group) is 1. The highest BCUT2D eigenvalue weighted by Crippen LogP contribution is 2.25. The number of hydrogen-bond donors (Lipinski definition) is 1. The molecule has 0 atom stereocenters. The van der Waals surface area contributed by atoms with Gasteiger partial charge in [-0.15, -0.1) is 0 Å². The number of nitrogens with one attached hydrogen (secondary N) is 1. The Hall–Kier alpha value is -1.81. The molecule has 4 heteroatoms. The first-order chi connectivity index (χ1) is 9.67. The largest absolute Gasteiger partial charge is 0.388 e. The molecule has 1 aliphatic rings. The quantitative estimate of drug-likeness (QED) is 0.907. The van der Waals surface area contributed by atoms with E-state index in [-0.39, 0.29) is 0 Å². The van der Waals surface area contributed by atoms with E-state index < -0.39 is 0 Å². The molecule has 0 spiro atoms. The number of fused-ring (bicyclic) bond motifs is 1. The first-order valence-electron chi connectivity index (χ1n) is 7.20. The van der Waals surface area contributed by atoms with Gasteiger partial charge in [0, 0.05) is 44.3 Å². The number of benzene rings is 1. The number of rotatable bonds is 2. The van der Waals surface area contributed by atoms with Crippen LogP contribution in [0.25, 0.3) is 10.9 Å². The molecular weight excluding hydrogens is 248 g/mol. The van der Waals surface area contributed by atoms with Gasteiger partial charge in [-0.1, -0.05) is 0 Å². The van der Waals surface area contributed by atoms with E-state index >= 15 is 0 Å². The van der Waals surface area contributed by atoms with Crippen LogP contribution in [0.2, 0.25) is 0 Å². The summed E-state index contributed by atoms with van der Waals surface area (Å²) < 4.78 is 0. The van der Waals surface area contributed by atoms with Crippen LogP contribution in [0.4, 0.5) is 11.5 Å². The molecule has 1 N–H and O–H groups in total. The van der Waals surface area contributed by atoms with Gasteiger partial charge in [0.15, 0.2) is 0 Å². The molecule has 20 heavy (non-hydrogen) atoms. The lowest BCUT2D eigenvalue weighted by atomic mass is 10.1. The van der Waals surface area contributed by atoms with Gasteiger partial charge < -0.3 is 15.1 Å². The van der Waals surface area contributed by atoms with Gasteiger partial charge in [-0.05, 0) is 43.8 Å². The van der Waals surface area contributed by atoms with Gasteiger partial charge in [0.2, 0.25) is 0 Å². The summed E-state index contributed by atoms with van der Waals surface area (Å²) in [5.74, 6) is 1.11. The van der Waals surface area contributed by atoms with Crippen molar-refractivity contribution in [1.29, 1.82) is 0 Å². The van der Waals surface area contributed by atoms with E-state index in [1.807, 2.05) is 7.05 Å². The van der Waals surface area contributed by atoms with Crippen LogP contribution in [0.5, 0.6) is 0 Å².